The number of sulfonamides is 1. The van der Waals surface area contributed by atoms with E-state index in [2.05, 4.69) is 5.32 Å². The number of rotatable bonds is 4. The van der Waals surface area contributed by atoms with Crippen molar-refractivity contribution < 1.29 is 17.6 Å². The quantitative estimate of drug-likeness (QED) is 0.808. The normalized spacial score (nSPS) is 22.1. The molecule has 2 aliphatic heterocycles. The Bertz CT molecular complexity index is 739. The molecular formula is C18H27ClFN3O3S. The van der Waals surface area contributed by atoms with Gasteiger partial charge in [-0.05, 0) is 63.0 Å². The second-order valence-corrected chi connectivity index (χ2v) is 9.02. The molecule has 2 aliphatic rings. The minimum Gasteiger partial charge on any atom is -0.342 e. The van der Waals surface area contributed by atoms with Gasteiger partial charge in [0.05, 0.1) is 10.8 Å². The predicted octanol–water partition coefficient (Wildman–Crippen LogP) is 1.86. The van der Waals surface area contributed by atoms with Crippen LogP contribution in [0, 0.1) is 11.7 Å². The first kappa shape index (κ1) is 22.1. The number of carbonyl (C=O) groups is 1. The molecule has 0 aliphatic carbocycles. The molecule has 1 aromatic carbocycles. The molecule has 0 bridgehead atoms. The second kappa shape index (κ2) is 9.32. The minimum absolute atomic E-state index is 0. The second-order valence-electron chi connectivity index (χ2n) is 7.09. The lowest BCUT2D eigenvalue weighted by atomic mass is 9.96. The SMILES string of the molecule is CN(C(=O)C1CCCN(S(=O)(=O)c2ccc(F)cc2)C1)C1CCNCC1.Cl. The zero-order chi connectivity index (χ0) is 18.7. The molecule has 0 saturated carbocycles. The maximum atomic E-state index is 13.1. The van der Waals surface area contributed by atoms with E-state index in [1.54, 1.807) is 4.90 Å². The van der Waals surface area contributed by atoms with Gasteiger partial charge in [0.15, 0.2) is 0 Å². The molecule has 1 unspecified atom stereocenters. The fraction of sp³-hybridized carbons (Fsp3) is 0.611. The Kier molecular flexibility index (Phi) is 7.62. The lowest BCUT2D eigenvalue weighted by Crippen LogP contribution is -2.50. The zero-order valence-corrected chi connectivity index (χ0v) is 17.1. The molecule has 3 rings (SSSR count). The van der Waals surface area contributed by atoms with Gasteiger partial charge in [-0.25, -0.2) is 12.8 Å². The van der Waals surface area contributed by atoms with E-state index < -0.39 is 15.8 Å². The summed E-state index contributed by atoms with van der Waals surface area (Å²) in [4.78, 5) is 14.8. The molecule has 152 valence electrons. The van der Waals surface area contributed by atoms with Crippen molar-refractivity contribution in [2.45, 2.75) is 36.6 Å². The molecule has 1 N–H and O–H groups in total. The summed E-state index contributed by atoms with van der Waals surface area (Å²) in [5, 5.41) is 3.28. The van der Waals surface area contributed by atoms with Crippen LogP contribution in [0.2, 0.25) is 0 Å². The summed E-state index contributed by atoms with van der Waals surface area (Å²) < 4.78 is 40.1. The van der Waals surface area contributed by atoms with Crippen LogP contribution in [-0.4, -0.2) is 62.8 Å². The van der Waals surface area contributed by atoms with Crippen molar-refractivity contribution in [2.24, 2.45) is 5.92 Å². The maximum absolute atomic E-state index is 13.1. The van der Waals surface area contributed by atoms with Gasteiger partial charge >= 0.3 is 0 Å². The van der Waals surface area contributed by atoms with Crippen LogP contribution in [-0.2, 0) is 14.8 Å². The molecule has 1 amide bonds. The highest BCUT2D eigenvalue weighted by atomic mass is 35.5. The van der Waals surface area contributed by atoms with Gasteiger partial charge in [0.2, 0.25) is 15.9 Å². The zero-order valence-electron chi connectivity index (χ0n) is 15.4. The average Bonchev–Trinajstić information content (AvgIpc) is 2.68. The molecule has 0 radical (unpaired) electrons. The lowest BCUT2D eigenvalue weighted by molar-refractivity contribution is -0.138. The van der Waals surface area contributed by atoms with E-state index in [1.807, 2.05) is 7.05 Å². The van der Waals surface area contributed by atoms with Crippen molar-refractivity contribution in [1.82, 2.24) is 14.5 Å². The Morgan fingerprint density at radius 1 is 1.19 bits per heavy atom. The van der Waals surface area contributed by atoms with Crippen molar-refractivity contribution in [1.29, 1.82) is 0 Å². The molecule has 0 spiro atoms. The molecule has 27 heavy (non-hydrogen) atoms. The Morgan fingerprint density at radius 2 is 1.81 bits per heavy atom. The highest BCUT2D eigenvalue weighted by molar-refractivity contribution is 7.89. The summed E-state index contributed by atoms with van der Waals surface area (Å²) in [6.07, 6.45) is 3.19. The molecular weight excluding hydrogens is 393 g/mol. The van der Waals surface area contributed by atoms with E-state index >= 15 is 0 Å². The van der Waals surface area contributed by atoms with Crippen LogP contribution in [0.5, 0.6) is 0 Å². The largest absolute Gasteiger partial charge is 0.342 e. The number of benzene rings is 1. The number of carbonyl (C=O) groups excluding carboxylic acids is 1. The number of halogens is 2. The fourth-order valence-corrected chi connectivity index (χ4v) is 5.30. The first-order chi connectivity index (χ1) is 12.4. The highest BCUT2D eigenvalue weighted by Gasteiger charge is 2.35. The van der Waals surface area contributed by atoms with Crippen molar-refractivity contribution >= 4 is 28.3 Å². The van der Waals surface area contributed by atoms with Gasteiger partial charge in [-0.1, -0.05) is 0 Å². The van der Waals surface area contributed by atoms with E-state index in [1.165, 1.54) is 16.4 Å². The van der Waals surface area contributed by atoms with Gasteiger partial charge in [-0.2, -0.15) is 4.31 Å². The first-order valence-electron chi connectivity index (χ1n) is 9.12. The van der Waals surface area contributed by atoms with E-state index in [0.29, 0.717) is 19.4 Å². The Morgan fingerprint density at radius 3 is 2.44 bits per heavy atom. The standard InChI is InChI=1S/C18H26FN3O3S.ClH/c1-21(16-8-10-20-11-9-16)18(23)14-3-2-12-22(13-14)26(24,25)17-6-4-15(19)5-7-17;/h4-7,14,16,20H,2-3,8-13H2,1H3;1H. The van der Waals surface area contributed by atoms with E-state index in [4.69, 9.17) is 0 Å². The average molecular weight is 420 g/mol. The van der Waals surface area contributed by atoms with Crippen LogP contribution in [0.15, 0.2) is 29.2 Å². The van der Waals surface area contributed by atoms with Crippen LogP contribution in [0.4, 0.5) is 4.39 Å². The summed E-state index contributed by atoms with van der Waals surface area (Å²) in [5.41, 5.74) is 0. The minimum atomic E-state index is -3.71. The first-order valence-corrected chi connectivity index (χ1v) is 10.6. The van der Waals surface area contributed by atoms with Crippen LogP contribution in [0.3, 0.4) is 0 Å². The van der Waals surface area contributed by atoms with Crippen molar-refractivity contribution in [2.75, 3.05) is 33.2 Å². The van der Waals surface area contributed by atoms with Crippen molar-refractivity contribution in [3.05, 3.63) is 30.1 Å². The third-order valence-electron chi connectivity index (χ3n) is 5.39. The Hall–Kier alpha value is -1.22. The summed E-state index contributed by atoms with van der Waals surface area (Å²) in [5.74, 6) is -0.769. The van der Waals surface area contributed by atoms with E-state index in [9.17, 15) is 17.6 Å². The Balaban J connectivity index is 0.00000261. The smallest absolute Gasteiger partial charge is 0.243 e. The monoisotopic (exact) mass is 419 g/mol. The summed E-state index contributed by atoms with van der Waals surface area (Å²) in [6.45, 7) is 2.38. The molecule has 1 atom stereocenters. The number of nitrogens with one attached hydrogen (secondary N) is 1. The summed E-state index contributed by atoms with van der Waals surface area (Å²) >= 11 is 0. The molecule has 9 heteroatoms. The fourth-order valence-electron chi connectivity index (χ4n) is 3.78. The van der Waals surface area contributed by atoms with E-state index in [-0.39, 0.29) is 41.7 Å². The number of amides is 1. The van der Waals surface area contributed by atoms with Gasteiger partial charge in [-0.3, -0.25) is 4.79 Å². The molecule has 1 aromatic rings. The third kappa shape index (κ3) is 4.99. The molecule has 2 heterocycles. The number of hydrogen-bond donors (Lipinski definition) is 1. The molecule has 2 fully saturated rings. The highest BCUT2D eigenvalue weighted by Crippen LogP contribution is 2.26. The number of hydrogen-bond acceptors (Lipinski definition) is 4. The predicted molar refractivity (Wildman–Crippen MR) is 104 cm³/mol. The third-order valence-corrected chi connectivity index (χ3v) is 7.27. The van der Waals surface area contributed by atoms with Crippen LogP contribution >= 0.6 is 12.4 Å². The van der Waals surface area contributed by atoms with Gasteiger partial charge in [0.1, 0.15) is 5.82 Å². The van der Waals surface area contributed by atoms with Crippen LogP contribution in [0.1, 0.15) is 25.7 Å². The van der Waals surface area contributed by atoms with Gasteiger partial charge in [0, 0.05) is 26.2 Å². The van der Waals surface area contributed by atoms with Gasteiger partial charge in [0.25, 0.3) is 0 Å². The van der Waals surface area contributed by atoms with Crippen molar-refractivity contribution in [3.8, 4) is 0 Å². The lowest BCUT2D eigenvalue weighted by Gasteiger charge is -2.37. The maximum Gasteiger partial charge on any atom is 0.243 e. The summed E-state index contributed by atoms with van der Waals surface area (Å²) in [6, 6.07) is 5.05. The number of nitrogens with zero attached hydrogens (tertiary/aromatic N) is 2. The topological polar surface area (TPSA) is 69.7 Å². The van der Waals surface area contributed by atoms with Crippen molar-refractivity contribution in [3.63, 3.8) is 0 Å². The summed E-state index contributed by atoms with van der Waals surface area (Å²) in [7, 11) is -1.88. The van der Waals surface area contributed by atoms with Gasteiger partial charge in [-0.15, -0.1) is 12.4 Å². The van der Waals surface area contributed by atoms with Crippen LogP contribution in [0.25, 0.3) is 0 Å². The van der Waals surface area contributed by atoms with E-state index in [0.717, 1.165) is 38.1 Å². The van der Waals surface area contributed by atoms with Crippen LogP contribution < -0.4 is 5.32 Å². The molecule has 0 aromatic heterocycles. The Labute approximate surface area is 166 Å². The number of piperidine rings is 2. The van der Waals surface area contributed by atoms with Gasteiger partial charge < -0.3 is 10.2 Å². The molecule has 6 nitrogen and oxygen atoms in total. The molecule has 2 saturated heterocycles.